The van der Waals surface area contributed by atoms with Crippen molar-refractivity contribution >= 4 is 17.8 Å². The van der Waals surface area contributed by atoms with E-state index in [0.29, 0.717) is 10.5 Å². The molecule has 0 aliphatic carbocycles. The summed E-state index contributed by atoms with van der Waals surface area (Å²) in [6, 6.07) is 3.85. The smallest absolute Gasteiger partial charge is 0.323 e. The normalized spacial score (nSPS) is 10.0. The average molecular weight is 299 g/mol. The molecule has 0 aliphatic rings. The van der Waals surface area contributed by atoms with Crippen LogP contribution in [0.1, 0.15) is 5.56 Å². The molecule has 0 saturated heterocycles. The maximum absolute atomic E-state index is 13.5. The summed E-state index contributed by atoms with van der Waals surface area (Å²) in [6.45, 7) is -1.46. The summed E-state index contributed by atoms with van der Waals surface area (Å²) in [6.07, 6.45) is -0.304. The molecule has 0 bridgehead atoms. The van der Waals surface area contributed by atoms with E-state index in [0.717, 1.165) is 6.07 Å². The van der Waals surface area contributed by atoms with Crippen molar-refractivity contribution in [1.29, 1.82) is 0 Å². The third-order valence-corrected chi connectivity index (χ3v) is 2.58. The van der Waals surface area contributed by atoms with Gasteiger partial charge in [0, 0.05) is 0 Å². The number of halogens is 1. The third kappa shape index (κ3) is 5.09. The van der Waals surface area contributed by atoms with Crippen LogP contribution >= 0.6 is 0 Å². The van der Waals surface area contributed by atoms with Gasteiger partial charge in [0.2, 0.25) is 5.91 Å². The van der Waals surface area contributed by atoms with Crippen molar-refractivity contribution in [3.05, 3.63) is 29.6 Å². The number of carbonyl (C=O) groups is 3. The Morgan fingerprint density at radius 1 is 1.19 bits per heavy atom. The lowest BCUT2D eigenvalue weighted by molar-refractivity contribution is -0.149. The van der Waals surface area contributed by atoms with E-state index in [1.165, 1.54) is 19.2 Å². The highest BCUT2D eigenvalue weighted by Gasteiger charge is 2.20. The molecule has 7 nitrogen and oxygen atoms in total. The lowest BCUT2D eigenvalue weighted by Gasteiger charge is -2.18. The van der Waals surface area contributed by atoms with Gasteiger partial charge in [0.05, 0.1) is 13.5 Å². The molecule has 1 rings (SSSR count). The van der Waals surface area contributed by atoms with Gasteiger partial charge < -0.3 is 19.8 Å². The summed E-state index contributed by atoms with van der Waals surface area (Å²) >= 11 is 0. The average Bonchev–Trinajstić information content (AvgIpc) is 2.37. The number of amides is 1. The Balaban J connectivity index is 2.82. The predicted molar refractivity (Wildman–Crippen MR) is 68.5 cm³/mol. The van der Waals surface area contributed by atoms with Crippen LogP contribution in [-0.2, 0) is 20.8 Å². The summed E-state index contributed by atoms with van der Waals surface area (Å²) in [4.78, 5) is 33.8. The zero-order valence-electron chi connectivity index (χ0n) is 11.2. The van der Waals surface area contributed by atoms with Gasteiger partial charge >= 0.3 is 11.9 Å². The van der Waals surface area contributed by atoms with Crippen molar-refractivity contribution in [3.8, 4) is 5.75 Å². The van der Waals surface area contributed by atoms with Crippen LogP contribution in [0, 0.1) is 5.82 Å². The molecule has 0 radical (unpaired) electrons. The zero-order valence-corrected chi connectivity index (χ0v) is 11.2. The van der Waals surface area contributed by atoms with Crippen molar-refractivity contribution in [2.45, 2.75) is 6.42 Å². The van der Waals surface area contributed by atoms with Crippen LogP contribution in [0.4, 0.5) is 4.39 Å². The van der Waals surface area contributed by atoms with Gasteiger partial charge in [-0.15, -0.1) is 0 Å². The van der Waals surface area contributed by atoms with Crippen LogP contribution < -0.4 is 4.74 Å². The molecule has 0 heterocycles. The lowest BCUT2D eigenvalue weighted by Crippen LogP contribution is -2.40. The van der Waals surface area contributed by atoms with Gasteiger partial charge in [0.25, 0.3) is 0 Å². The number of benzene rings is 1. The van der Waals surface area contributed by atoms with Gasteiger partial charge in [0.1, 0.15) is 13.1 Å². The highest BCUT2D eigenvalue weighted by atomic mass is 19.1. The van der Waals surface area contributed by atoms with E-state index in [4.69, 9.17) is 14.9 Å². The molecule has 2 N–H and O–H groups in total. The Labute approximate surface area is 119 Å². The van der Waals surface area contributed by atoms with E-state index >= 15 is 0 Å². The monoisotopic (exact) mass is 299 g/mol. The van der Waals surface area contributed by atoms with Gasteiger partial charge in [-0.05, 0) is 17.7 Å². The molecular weight excluding hydrogens is 285 g/mol. The van der Waals surface area contributed by atoms with Crippen molar-refractivity contribution in [3.63, 3.8) is 0 Å². The topological polar surface area (TPSA) is 104 Å². The van der Waals surface area contributed by atoms with Crippen LogP contribution in [0.2, 0.25) is 0 Å². The van der Waals surface area contributed by atoms with E-state index in [2.05, 4.69) is 0 Å². The summed E-state index contributed by atoms with van der Waals surface area (Å²) in [7, 11) is 1.30. The Hall–Kier alpha value is -2.64. The minimum Gasteiger partial charge on any atom is -0.494 e. The minimum atomic E-state index is -1.33. The Bertz CT molecular complexity index is 544. The first-order chi connectivity index (χ1) is 9.83. The number of carboxylic acid groups (broad SMARTS) is 2. The maximum Gasteiger partial charge on any atom is 0.323 e. The van der Waals surface area contributed by atoms with Crippen molar-refractivity contribution < 1.29 is 33.7 Å². The van der Waals surface area contributed by atoms with Crippen LogP contribution in [0.3, 0.4) is 0 Å². The highest BCUT2D eigenvalue weighted by molar-refractivity contribution is 5.86. The van der Waals surface area contributed by atoms with Crippen LogP contribution in [0.5, 0.6) is 5.75 Å². The quantitative estimate of drug-likeness (QED) is 0.754. The van der Waals surface area contributed by atoms with E-state index in [1.54, 1.807) is 0 Å². The molecule has 1 amide bonds. The highest BCUT2D eigenvalue weighted by Crippen LogP contribution is 2.18. The molecule has 0 unspecified atom stereocenters. The number of aliphatic carboxylic acids is 2. The first-order valence-electron chi connectivity index (χ1n) is 5.87. The molecule has 0 aliphatic heterocycles. The van der Waals surface area contributed by atoms with Gasteiger partial charge in [-0.3, -0.25) is 14.4 Å². The number of carboxylic acids is 2. The predicted octanol–water partition coefficient (Wildman–Crippen LogP) is 0.375. The molecule has 21 heavy (non-hydrogen) atoms. The molecule has 0 saturated carbocycles. The molecule has 0 spiro atoms. The second-order valence-electron chi connectivity index (χ2n) is 4.18. The molecule has 0 aromatic heterocycles. The fourth-order valence-corrected chi connectivity index (χ4v) is 1.67. The number of hydrogen-bond acceptors (Lipinski definition) is 4. The molecule has 0 fully saturated rings. The van der Waals surface area contributed by atoms with Gasteiger partial charge in [0.15, 0.2) is 11.6 Å². The molecule has 0 atom stereocenters. The van der Waals surface area contributed by atoms with Gasteiger partial charge in [-0.1, -0.05) is 6.07 Å². The zero-order chi connectivity index (χ0) is 16.0. The van der Waals surface area contributed by atoms with E-state index < -0.39 is 36.8 Å². The minimum absolute atomic E-state index is 0.0131. The fraction of sp³-hybridized carbons (Fsp3) is 0.308. The maximum atomic E-state index is 13.5. The van der Waals surface area contributed by atoms with Crippen LogP contribution in [0.25, 0.3) is 0 Å². The second-order valence-corrected chi connectivity index (χ2v) is 4.18. The Morgan fingerprint density at radius 2 is 1.76 bits per heavy atom. The number of ether oxygens (including phenoxy) is 1. The Kier molecular flexibility index (Phi) is 5.65. The number of rotatable bonds is 7. The summed E-state index contributed by atoms with van der Waals surface area (Å²) < 4.78 is 18.2. The first-order valence-corrected chi connectivity index (χ1v) is 5.87. The third-order valence-electron chi connectivity index (χ3n) is 2.58. The van der Waals surface area contributed by atoms with E-state index in [1.807, 2.05) is 0 Å². The molecule has 8 heteroatoms. The van der Waals surface area contributed by atoms with Crippen molar-refractivity contribution in [2.75, 3.05) is 20.2 Å². The first kappa shape index (κ1) is 16.4. The van der Waals surface area contributed by atoms with Gasteiger partial charge in [-0.2, -0.15) is 0 Å². The summed E-state index contributed by atoms with van der Waals surface area (Å²) in [5, 5.41) is 17.3. The van der Waals surface area contributed by atoms with Crippen molar-refractivity contribution in [1.82, 2.24) is 4.90 Å². The number of hydrogen-bond donors (Lipinski definition) is 2. The number of methoxy groups -OCH3 is 1. The van der Waals surface area contributed by atoms with Crippen molar-refractivity contribution in [2.24, 2.45) is 0 Å². The van der Waals surface area contributed by atoms with Gasteiger partial charge in [-0.25, -0.2) is 4.39 Å². The SMILES string of the molecule is COc1ccc(CC(=O)N(CC(=O)O)CC(=O)O)cc1F. The largest absolute Gasteiger partial charge is 0.494 e. The lowest BCUT2D eigenvalue weighted by atomic mass is 10.1. The fourth-order valence-electron chi connectivity index (χ4n) is 1.67. The number of nitrogens with zero attached hydrogens (tertiary/aromatic N) is 1. The standard InChI is InChI=1S/C13H14FNO6/c1-21-10-3-2-8(4-9(10)14)5-11(16)15(6-12(17)18)7-13(19)20/h2-4H,5-7H2,1H3,(H,17,18)(H,19,20). The van der Waals surface area contributed by atoms with Crippen LogP contribution in [-0.4, -0.2) is 53.2 Å². The molecule has 1 aromatic carbocycles. The molecule has 1 aromatic rings. The summed E-state index contributed by atoms with van der Waals surface area (Å²) in [5.41, 5.74) is 0.291. The van der Waals surface area contributed by atoms with E-state index in [9.17, 15) is 18.8 Å². The molecule has 114 valence electrons. The van der Waals surface area contributed by atoms with E-state index in [-0.39, 0.29) is 12.2 Å². The summed E-state index contributed by atoms with van der Waals surface area (Å²) in [5.74, 6) is -4.02. The van der Waals surface area contributed by atoms with Crippen LogP contribution in [0.15, 0.2) is 18.2 Å². The second kappa shape index (κ2) is 7.22. The number of carbonyl (C=O) groups excluding carboxylic acids is 1. The molecular formula is C13H14FNO6. The Morgan fingerprint density at radius 3 is 2.19 bits per heavy atom.